The van der Waals surface area contributed by atoms with Crippen LogP contribution in [0.3, 0.4) is 0 Å². The fourth-order valence-electron chi connectivity index (χ4n) is 7.75. The van der Waals surface area contributed by atoms with Gasteiger partial charge in [0.15, 0.2) is 11.4 Å². The third kappa shape index (κ3) is 3.64. The SMILES string of the molecule is CC1(C)c2ccccc2-c2c1oc1c2ccc2c3ccccc3n(-c3cccc(-c4nc(-c5ccccc5)c5ccccc5n4)c3)c21. The second kappa shape index (κ2) is 9.51. The van der Waals surface area contributed by atoms with Crippen molar-refractivity contribution in [1.29, 1.82) is 0 Å². The first-order valence-electron chi connectivity index (χ1n) is 16.1. The Morgan fingerprint density at radius 1 is 0.596 bits per heavy atom. The molecular weight excluding hydrogens is 574 g/mol. The summed E-state index contributed by atoms with van der Waals surface area (Å²) in [5.74, 6) is 1.73. The molecule has 0 fully saturated rings. The molecule has 4 nitrogen and oxygen atoms in total. The quantitative estimate of drug-likeness (QED) is 0.202. The van der Waals surface area contributed by atoms with E-state index in [1.807, 2.05) is 18.2 Å². The van der Waals surface area contributed by atoms with Gasteiger partial charge in [-0.1, -0.05) is 109 Å². The van der Waals surface area contributed by atoms with E-state index in [-0.39, 0.29) is 5.41 Å². The molecule has 0 N–H and O–H groups in total. The molecule has 3 heterocycles. The van der Waals surface area contributed by atoms with Gasteiger partial charge in [0.25, 0.3) is 0 Å². The van der Waals surface area contributed by atoms with Crippen LogP contribution in [0, 0.1) is 0 Å². The van der Waals surface area contributed by atoms with E-state index in [9.17, 15) is 0 Å². The summed E-state index contributed by atoms with van der Waals surface area (Å²) < 4.78 is 9.35. The molecule has 0 bridgehead atoms. The van der Waals surface area contributed by atoms with Gasteiger partial charge >= 0.3 is 0 Å². The topological polar surface area (TPSA) is 43.9 Å². The van der Waals surface area contributed by atoms with Gasteiger partial charge in [0, 0.05) is 49.3 Å². The summed E-state index contributed by atoms with van der Waals surface area (Å²) in [5.41, 5.74) is 11.6. The average molecular weight is 604 g/mol. The molecule has 9 aromatic rings. The summed E-state index contributed by atoms with van der Waals surface area (Å²) in [6.45, 7) is 4.53. The van der Waals surface area contributed by atoms with Crippen LogP contribution in [0.4, 0.5) is 0 Å². The molecule has 47 heavy (non-hydrogen) atoms. The second-order valence-corrected chi connectivity index (χ2v) is 13.0. The summed E-state index contributed by atoms with van der Waals surface area (Å²) in [5, 5.41) is 4.56. The second-order valence-electron chi connectivity index (χ2n) is 13.0. The molecule has 0 radical (unpaired) electrons. The molecule has 6 aromatic carbocycles. The van der Waals surface area contributed by atoms with Crippen LogP contribution >= 0.6 is 0 Å². The van der Waals surface area contributed by atoms with Crippen molar-refractivity contribution in [1.82, 2.24) is 14.5 Å². The summed E-state index contributed by atoms with van der Waals surface area (Å²) in [7, 11) is 0. The predicted octanol–water partition coefficient (Wildman–Crippen LogP) is 11.1. The van der Waals surface area contributed by atoms with Gasteiger partial charge in [0.2, 0.25) is 0 Å². The van der Waals surface area contributed by atoms with Crippen LogP contribution in [0.25, 0.3) is 83.1 Å². The molecule has 222 valence electrons. The van der Waals surface area contributed by atoms with Gasteiger partial charge in [-0.2, -0.15) is 0 Å². The van der Waals surface area contributed by atoms with E-state index in [0.29, 0.717) is 5.82 Å². The molecule has 4 heteroatoms. The third-order valence-corrected chi connectivity index (χ3v) is 9.94. The van der Waals surface area contributed by atoms with E-state index in [1.165, 1.54) is 27.5 Å². The van der Waals surface area contributed by atoms with E-state index in [1.54, 1.807) is 0 Å². The summed E-state index contributed by atoms with van der Waals surface area (Å²) in [6, 6.07) is 49.1. The predicted molar refractivity (Wildman–Crippen MR) is 192 cm³/mol. The Bertz CT molecular complexity index is 2710. The largest absolute Gasteiger partial charge is 0.457 e. The zero-order valence-corrected chi connectivity index (χ0v) is 26.0. The van der Waals surface area contributed by atoms with Crippen LogP contribution in [0.15, 0.2) is 144 Å². The summed E-state index contributed by atoms with van der Waals surface area (Å²) >= 11 is 0. The zero-order valence-electron chi connectivity index (χ0n) is 26.0. The number of aromatic nitrogens is 3. The molecule has 0 atom stereocenters. The lowest BCUT2D eigenvalue weighted by molar-refractivity contribution is 0.466. The summed E-state index contributed by atoms with van der Waals surface area (Å²) in [6.07, 6.45) is 0. The minimum absolute atomic E-state index is 0.224. The number of hydrogen-bond acceptors (Lipinski definition) is 3. The van der Waals surface area contributed by atoms with Gasteiger partial charge in [-0.3, -0.25) is 0 Å². The number of para-hydroxylation sites is 2. The van der Waals surface area contributed by atoms with E-state index in [0.717, 1.165) is 61.2 Å². The monoisotopic (exact) mass is 603 g/mol. The molecule has 0 saturated heterocycles. The molecule has 3 aromatic heterocycles. The summed E-state index contributed by atoms with van der Waals surface area (Å²) in [4.78, 5) is 10.2. The number of nitrogens with zero attached hydrogens (tertiary/aromatic N) is 3. The van der Waals surface area contributed by atoms with Crippen molar-refractivity contribution in [3.63, 3.8) is 0 Å². The number of hydrogen-bond donors (Lipinski definition) is 0. The van der Waals surface area contributed by atoms with Crippen LogP contribution in [-0.2, 0) is 5.41 Å². The fourth-order valence-corrected chi connectivity index (χ4v) is 7.75. The molecule has 0 amide bonds. The van der Waals surface area contributed by atoms with Crippen LogP contribution in [0.2, 0.25) is 0 Å². The molecule has 1 aliphatic carbocycles. The van der Waals surface area contributed by atoms with Crippen LogP contribution in [0.5, 0.6) is 0 Å². The number of fused-ring (bicyclic) bond motifs is 10. The van der Waals surface area contributed by atoms with Crippen molar-refractivity contribution >= 4 is 43.7 Å². The lowest BCUT2D eigenvalue weighted by Gasteiger charge is -2.18. The lowest BCUT2D eigenvalue weighted by Crippen LogP contribution is -2.14. The molecule has 0 aliphatic heterocycles. The normalized spacial score (nSPS) is 13.5. The van der Waals surface area contributed by atoms with E-state index in [2.05, 4.69) is 140 Å². The lowest BCUT2D eigenvalue weighted by atomic mass is 9.86. The molecule has 1 aliphatic rings. The van der Waals surface area contributed by atoms with Crippen molar-refractivity contribution < 1.29 is 4.42 Å². The molecular formula is C43H29N3O. The maximum absolute atomic E-state index is 7.00. The first kappa shape index (κ1) is 26.2. The van der Waals surface area contributed by atoms with Crippen molar-refractivity contribution in [3.05, 3.63) is 151 Å². The first-order chi connectivity index (χ1) is 23.1. The highest BCUT2D eigenvalue weighted by atomic mass is 16.3. The Morgan fingerprint density at radius 2 is 1.32 bits per heavy atom. The Kier molecular flexibility index (Phi) is 5.31. The van der Waals surface area contributed by atoms with Gasteiger partial charge in [-0.05, 0) is 55.3 Å². The average Bonchev–Trinajstić information content (AvgIpc) is 3.75. The molecule has 0 spiro atoms. The van der Waals surface area contributed by atoms with Crippen LogP contribution in [0.1, 0.15) is 25.2 Å². The minimum atomic E-state index is -0.224. The Balaban J connectivity index is 1.24. The fraction of sp³-hybridized carbons (Fsp3) is 0.0698. The minimum Gasteiger partial charge on any atom is -0.457 e. The Hall–Kier alpha value is -6.00. The Morgan fingerprint density at radius 3 is 2.21 bits per heavy atom. The maximum atomic E-state index is 7.00. The smallest absolute Gasteiger partial charge is 0.160 e. The van der Waals surface area contributed by atoms with Gasteiger partial charge in [0.05, 0.1) is 22.2 Å². The van der Waals surface area contributed by atoms with Crippen LogP contribution < -0.4 is 0 Å². The first-order valence-corrected chi connectivity index (χ1v) is 16.1. The highest BCUT2D eigenvalue weighted by Crippen LogP contribution is 2.54. The van der Waals surface area contributed by atoms with Crippen molar-refractivity contribution in [2.45, 2.75) is 19.3 Å². The van der Waals surface area contributed by atoms with Gasteiger partial charge < -0.3 is 8.98 Å². The van der Waals surface area contributed by atoms with E-state index in [4.69, 9.17) is 14.4 Å². The van der Waals surface area contributed by atoms with Crippen LogP contribution in [-0.4, -0.2) is 14.5 Å². The maximum Gasteiger partial charge on any atom is 0.160 e. The molecule has 0 unspecified atom stereocenters. The standard InChI is InChI=1S/C43H29N3O/c1-43(2)34-20-9-6-18-31(34)37-33-24-23-30-29-17-8-11-22-36(29)46(39(30)40(33)47-41(37)43)28-16-12-15-27(25-28)42-44-35-21-10-7-19-32(35)38(45-42)26-13-4-3-5-14-26/h3-25H,1-2H3. The van der Waals surface area contributed by atoms with Crippen molar-refractivity contribution in [3.8, 4) is 39.5 Å². The highest BCUT2D eigenvalue weighted by Gasteiger charge is 2.40. The van der Waals surface area contributed by atoms with Crippen molar-refractivity contribution in [2.24, 2.45) is 0 Å². The zero-order chi connectivity index (χ0) is 31.3. The molecule has 10 rings (SSSR count). The van der Waals surface area contributed by atoms with E-state index >= 15 is 0 Å². The van der Waals surface area contributed by atoms with Gasteiger partial charge in [0.1, 0.15) is 5.76 Å². The number of rotatable bonds is 3. The van der Waals surface area contributed by atoms with Crippen molar-refractivity contribution in [2.75, 3.05) is 0 Å². The highest BCUT2D eigenvalue weighted by molar-refractivity contribution is 6.19. The molecule has 0 saturated carbocycles. The number of benzene rings is 6. The van der Waals surface area contributed by atoms with E-state index < -0.39 is 0 Å². The number of furan rings is 1. The van der Waals surface area contributed by atoms with Gasteiger partial charge in [-0.25, -0.2) is 9.97 Å². The van der Waals surface area contributed by atoms with Gasteiger partial charge in [-0.15, -0.1) is 0 Å². The third-order valence-electron chi connectivity index (χ3n) is 9.94. The Labute approximate surface area is 271 Å².